The van der Waals surface area contributed by atoms with Gasteiger partial charge in [0.2, 0.25) is 11.8 Å². The van der Waals surface area contributed by atoms with Crippen molar-refractivity contribution < 1.29 is 22.7 Å². The lowest BCUT2D eigenvalue weighted by molar-refractivity contribution is -0.142. The fraction of sp³-hybridized carbons (Fsp3) is 0.640. The van der Waals surface area contributed by atoms with Gasteiger partial charge in [-0.25, -0.2) is 0 Å². The van der Waals surface area contributed by atoms with Crippen LogP contribution in [0.1, 0.15) is 50.6 Å². The Hall–Kier alpha value is -2.68. The Morgan fingerprint density at radius 2 is 1.86 bits per heavy atom. The van der Waals surface area contributed by atoms with Crippen molar-refractivity contribution >= 4 is 22.0 Å². The zero-order valence-corrected chi connectivity index (χ0v) is 21.7. The van der Waals surface area contributed by atoms with Crippen molar-refractivity contribution in [3.05, 3.63) is 29.8 Å². The molecule has 1 aromatic rings. The summed E-state index contributed by atoms with van der Waals surface area (Å²) in [5.41, 5.74) is 0.893. The second-order valence-corrected chi connectivity index (χ2v) is 11.7. The number of carbonyl (C=O) groups excluding carboxylic acids is 2. The molecule has 3 atom stereocenters. The molecular weight excluding hydrogens is 482 g/mol. The maximum absolute atomic E-state index is 13.5. The van der Waals surface area contributed by atoms with Crippen LogP contribution in [0.15, 0.2) is 24.3 Å². The maximum atomic E-state index is 13.5. The van der Waals surface area contributed by atoms with Gasteiger partial charge < -0.3 is 15.0 Å². The number of piperidine rings is 1. The average molecular weight is 518 g/mol. The average Bonchev–Trinajstić information content (AvgIpc) is 3.36. The summed E-state index contributed by atoms with van der Waals surface area (Å²) in [4.78, 5) is 28.5. The number of hydrogen-bond acceptors (Lipinski definition) is 6. The zero-order chi connectivity index (χ0) is 25.9. The van der Waals surface area contributed by atoms with E-state index in [-0.39, 0.29) is 43.4 Å². The number of nitrogens with zero attached hydrogens (tertiary/aromatic N) is 4. The van der Waals surface area contributed by atoms with Gasteiger partial charge in [-0.05, 0) is 38.2 Å². The Morgan fingerprint density at radius 1 is 1.14 bits per heavy atom. The van der Waals surface area contributed by atoms with Gasteiger partial charge in [-0.2, -0.15) is 22.3 Å². The molecular formula is C25H35N5O5S. The van der Waals surface area contributed by atoms with Gasteiger partial charge in [-0.15, -0.1) is 0 Å². The number of likely N-dealkylation sites (tertiary alicyclic amines) is 1. The molecule has 10 nitrogen and oxygen atoms in total. The first-order valence-electron chi connectivity index (χ1n) is 12.7. The van der Waals surface area contributed by atoms with Crippen LogP contribution in [-0.2, 0) is 19.8 Å². The molecule has 0 bridgehead atoms. The van der Waals surface area contributed by atoms with E-state index in [1.807, 2.05) is 31.2 Å². The van der Waals surface area contributed by atoms with Crippen molar-refractivity contribution in [1.29, 1.82) is 5.26 Å². The van der Waals surface area contributed by atoms with Crippen LogP contribution in [0.3, 0.4) is 0 Å². The van der Waals surface area contributed by atoms with Crippen LogP contribution < -0.4 is 10.1 Å². The van der Waals surface area contributed by atoms with E-state index < -0.39 is 22.2 Å². The van der Waals surface area contributed by atoms with Crippen molar-refractivity contribution in [3.8, 4) is 11.8 Å². The molecule has 1 N–H and O–H groups in total. The van der Waals surface area contributed by atoms with Gasteiger partial charge in [-0.3, -0.25) is 9.59 Å². The summed E-state index contributed by atoms with van der Waals surface area (Å²) in [7, 11) is -2.09. The molecule has 0 aromatic heterocycles. The first-order chi connectivity index (χ1) is 17.3. The molecule has 3 heterocycles. The van der Waals surface area contributed by atoms with Gasteiger partial charge in [0.25, 0.3) is 10.2 Å². The van der Waals surface area contributed by atoms with Crippen molar-refractivity contribution in [3.63, 3.8) is 0 Å². The summed E-state index contributed by atoms with van der Waals surface area (Å²) < 4.78 is 34.1. The fourth-order valence-electron chi connectivity index (χ4n) is 5.38. The lowest BCUT2D eigenvalue weighted by Gasteiger charge is -2.41. The molecule has 1 unspecified atom stereocenters. The Morgan fingerprint density at radius 3 is 2.56 bits per heavy atom. The highest BCUT2D eigenvalue weighted by atomic mass is 32.2. The smallest absolute Gasteiger partial charge is 0.282 e. The van der Waals surface area contributed by atoms with Gasteiger partial charge in [-0.1, -0.05) is 25.1 Å². The molecule has 3 saturated heterocycles. The molecule has 0 saturated carbocycles. The SMILES string of the molecule is CCC(NC(=O)[C@H]1CCCN1C(=O)[C@H]1CCCN(S(=O)(=O)N2CC(C#N)C2)C1)c1ccccc1OC. The van der Waals surface area contributed by atoms with Crippen LogP contribution in [0, 0.1) is 23.2 Å². The Kier molecular flexibility index (Phi) is 8.17. The van der Waals surface area contributed by atoms with E-state index in [2.05, 4.69) is 11.4 Å². The van der Waals surface area contributed by atoms with E-state index in [0.717, 1.165) is 12.0 Å². The third kappa shape index (κ3) is 5.21. The van der Waals surface area contributed by atoms with Gasteiger partial charge >= 0.3 is 0 Å². The van der Waals surface area contributed by atoms with E-state index >= 15 is 0 Å². The standard InChI is InChI=1S/C25H35N5O5S/c1-3-21(20-9-4-5-11-23(20)35-2)27-24(31)22-10-7-13-30(22)25(32)19-8-6-12-28(17-19)36(33,34)29-15-18(14-26)16-29/h4-5,9,11,18-19,21-22H,3,6-8,10,12-13,15-17H2,1-2H3,(H,27,31)/t19-,21?,22+/m0/s1. The maximum Gasteiger partial charge on any atom is 0.282 e. The highest BCUT2D eigenvalue weighted by Crippen LogP contribution is 2.31. The minimum atomic E-state index is -3.69. The molecule has 0 radical (unpaired) electrons. The summed E-state index contributed by atoms with van der Waals surface area (Å²) in [6, 6.07) is 8.85. The van der Waals surface area contributed by atoms with E-state index in [1.54, 1.807) is 12.0 Å². The van der Waals surface area contributed by atoms with Crippen LogP contribution in [-0.4, -0.2) is 79.6 Å². The molecule has 196 valence electrons. The third-order valence-corrected chi connectivity index (χ3v) is 9.43. The lowest BCUT2D eigenvalue weighted by atomic mass is 9.97. The summed E-state index contributed by atoms with van der Waals surface area (Å²) in [6.45, 7) is 3.35. The number of hydrogen-bond donors (Lipinski definition) is 1. The van der Waals surface area contributed by atoms with Crippen LogP contribution in [0.4, 0.5) is 0 Å². The second kappa shape index (κ2) is 11.2. The molecule has 0 aliphatic carbocycles. The number of methoxy groups -OCH3 is 1. The van der Waals surface area contributed by atoms with Gasteiger partial charge in [0, 0.05) is 38.3 Å². The summed E-state index contributed by atoms with van der Waals surface area (Å²) in [6.07, 6.45) is 3.16. The molecule has 1 aromatic carbocycles. The van der Waals surface area contributed by atoms with Gasteiger partial charge in [0.1, 0.15) is 11.8 Å². The monoisotopic (exact) mass is 517 g/mol. The first-order valence-corrected chi connectivity index (χ1v) is 14.1. The van der Waals surface area contributed by atoms with Crippen molar-refractivity contribution in [2.75, 3.05) is 39.8 Å². The number of ether oxygens (including phenoxy) is 1. The van der Waals surface area contributed by atoms with E-state index in [9.17, 15) is 18.0 Å². The third-order valence-electron chi connectivity index (χ3n) is 7.49. The molecule has 3 aliphatic heterocycles. The van der Waals surface area contributed by atoms with Gasteiger partial charge in [0.15, 0.2) is 0 Å². The van der Waals surface area contributed by atoms with Crippen LogP contribution in [0.5, 0.6) is 5.75 Å². The number of nitriles is 1. The number of nitrogens with one attached hydrogen (secondary N) is 1. The first kappa shape index (κ1) is 26.4. The number of amides is 2. The Balaban J connectivity index is 1.41. The minimum Gasteiger partial charge on any atom is -0.496 e. The summed E-state index contributed by atoms with van der Waals surface area (Å²) >= 11 is 0. The minimum absolute atomic E-state index is 0.110. The van der Waals surface area contributed by atoms with E-state index in [1.165, 1.54) is 8.61 Å². The predicted molar refractivity (Wildman–Crippen MR) is 133 cm³/mol. The number of benzene rings is 1. The summed E-state index contributed by atoms with van der Waals surface area (Å²) in [5, 5.41) is 12.1. The summed E-state index contributed by atoms with van der Waals surface area (Å²) in [5.74, 6) is -0.394. The Bertz CT molecular complexity index is 1110. The number of carbonyl (C=O) groups is 2. The van der Waals surface area contributed by atoms with E-state index in [0.29, 0.717) is 44.5 Å². The molecule has 2 amide bonds. The van der Waals surface area contributed by atoms with Crippen molar-refractivity contribution in [1.82, 2.24) is 18.8 Å². The molecule has 0 spiro atoms. The molecule has 11 heteroatoms. The van der Waals surface area contributed by atoms with Crippen LogP contribution >= 0.6 is 0 Å². The van der Waals surface area contributed by atoms with E-state index in [4.69, 9.17) is 10.00 Å². The number of para-hydroxylation sites is 1. The van der Waals surface area contributed by atoms with Crippen molar-refractivity contribution in [2.24, 2.45) is 11.8 Å². The highest BCUT2D eigenvalue weighted by Gasteiger charge is 2.44. The normalized spacial score (nSPS) is 24.5. The number of rotatable bonds is 8. The molecule has 4 rings (SSSR count). The predicted octanol–water partition coefficient (Wildman–Crippen LogP) is 1.67. The van der Waals surface area contributed by atoms with Crippen LogP contribution in [0.25, 0.3) is 0 Å². The lowest BCUT2D eigenvalue weighted by Crippen LogP contribution is -2.57. The van der Waals surface area contributed by atoms with Crippen molar-refractivity contribution in [2.45, 2.75) is 51.1 Å². The molecule has 3 aliphatic rings. The zero-order valence-electron chi connectivity index (χ0n) is 20.9. The topological polar surface area (TPSA) is 123 Å². The van der Waals surface area contributed by atoms with Crippen LogP contribution in [0.2, 0.25) is 0 Å². The Labute approximate surface area is 213 Å². The molecule has 3 fully saturated rings. The largest absolute Gasteiger partial charge is 0.496 e. The van der Waals surface area contributed by atoms with Gasteiger partial charge in [0.05, 0.1) is 31.1 Å². The fourth-order valence-corrected chi connectivity index (χ4v) is 7.18. The second-order valence-electron chi connectivity index (χ2n) is 9.75. The molecule has 36 heavy (non-hydrogen) atoms. The quantitative estimate of drug-likeness (QED) is 0.560. The highest BCUT2D eigenvalue weighted by molar-refractivity contribution is 7.86.